The molecule has 0 amide bonds. The van der Waals surface area contributed by atoms with Crippen LogP contribution in [0.3, 0.4) is 0 Å². The molecule has 0 N–H and O–H groups in total. The Hall–Kier alpha value is -0.540. The van der Waals surface area contributed by atoms with Crippen molar-refractivity contribution in [2.45, 2.75) is 258 Å². The van der Waals surface area contributed by atoms with Crippen LogP contribution in [0.4, 0.5) is 0 Å². The Labute approximate surface area is 385 Å². The molecule has 0 aliphatic rings. The van der Waals surface area contributed by atoms with Crippen molar-refractivity contribution in [2.24, 2.45) is 0 Å². The smallest absolute Gasteiger partial charge is 0.306 e. The van der Waals surface area contributed by atoms with E-state index in [0.29, 0.717) is 19.3 Å². The molecule has 6 nitrogen and oxygen atoms in total. The molecule has 0 atom stereocenters. The normalized spacial score (nSPS) is 11.4. The van der Waals surface area contributed by atoms with Gasteiger partial charge in [-0.2, -0.15) is 35.3 Å². The molecule has 0 aromatic rings. The fraction of sp³-hybridized carbons (Fsp3) is 0.941. The van der Waals surface area contributed by atoms with E-state index in [1.165, 1.54) is 171 Å². The molecular weight excluding hydrogens is 805 g/mol. The van der Waals surface area contributed by atoms with Gasteiger partial charge in [-0.25, -0.2) is 0 Å². The molecule has 60 heavy (non-hydrogen) atoms. The lowest BCUT2D eigenvalue weighted by molar-refractivity contribution is -0.167. The lowest BCUT2D eigenvalue weighted by atomic mass is 10.1. The highest BCUT2D eigenvalue weighted by Gasteiger charge is 2.19. The topological polar surface area (TPSA) is 78.9 Å². The minimum Gasteiger partial charge on any atom is -0.462 e. The van der Waals surface area contributed by atoms with Gasteiger partial charge in [-0.05, 0) is 92.3 Å². The predicted octanol–water partition coefficient (Wildman–Crippen LogP) is 16.3. The van der Waals surface area contributed by atoms with Crippen LogP contribution >= 0.6 is 35.3 Å². The second-order valence-corrected chi connectivity index (χ2v) is 20.8. The molecule has 0 unspecified atom stereocenters. The van der Waals surface area contributed by atoms with Crippen molar-refractivity contribution < 1.29 is 28.6 Å². The van der Waals surface area contributed by atoms with Gasteiger partial charge in [0.2, 0.25) is 0 Å². The third-order valence-electron chi connectivity index (χ3n) is 11.1. The van der Waals surface area contributed by atoms with E-state index in [1.807, 2.05) is 35.3 Å². The molecule has 0 heterocycles. The molecule has 9 heteroatoms. The zero-order valence-electron chi connectivity index (χ0n) is 39.9. The van der Waals surface area contributed by atoms with Crippen molar-refractivity contribution in [3.05, 3.63) is 0 Å². The maximum atomic E-state index is 12.8. The Kier molecular flexibility index (Phi) is 50.6. The zero-order valence-corrected chi connectivity index (χ0v) is 42.3. The van der Waals surface area contributed by atoms with Gasteiger partial charge < -0.3 is 14.2 Å². The molecule has 0 aromatic carbocycles. The van der Waals surface area contributed by atoms with E-state index in [-0.39, 0.29) is 31.1 Å². The third kappa shape index (κ3) is 48.5. The van der Waals surface area contributed by atoms with E-state index in [9.17, 15) is 14.4 Å². The molecule has 0 rings (SSSR count). The first-order valence-electron chi connectivity index (χ1n) is 25.8. The van der Waals surface area contributed by atoms with Crippen molar-refractivity contribution in [2.75, 3.05) is 47.7 Å². The molecule has 0 bridgehead atoms. The molecular formula is C51H98O6S3. The van der Waals surface area contributed by atoms with E-state index >= 15 is 0 Å². The Morgan fingerprint density at radius 1 is 0.317 bits per heavy atom. The molecule has 0 aliphatic carbocycles. The summed E-state index contributed by atoms with van der Waals surface area (Å²) in [6.45, 7) is 6.66. The van der Waals surface area contributed by atoms with Gasteiger partial charge in [0.15, 0.2) is 6.10 Å². The fourth-order valence-corrected chi connectivity index (χ4v) is 10.2. The first kappa shape index (κ1) is 59.5. The van der Waals surface area contributed by atoms with E-state index in [4.69, 9.17) is 14.2 Å². The summed E-state index contributed by atoms with van der Waals surface area (Å²) in [4.78, 5) is 38.0. The van der Waals surface area contributed by atoms with E-state index < -0.39 is 6.10 Å². The highest BCUT2D eigenvalue weighted by atomic mass is 32.2. The fourth-order valence-electron chi connectivity index (χ4n) is 7.15. The van der Waals surface area contributed by atoms with Crippen LogP contribution in [-0.2, 0) is 28.6 Å². The lowest BCUT2D eigenvalue weighted by Gasteiger charge is -2.18. The minimum absolute atomic E-state index is 0.0717. The number of rotatable bonds is 50. The number of carbonyl (C=O) groups is 3. The Balaban J connectivity index is 4.30. The predicted molar refractivity (Wildman–Crippen MR) is 267 cm³/mol. The molecule has 0 fully saturated rings. The number of hydrogen-bond donors (Lipinski definition) is 0. The molecule has 0 saturated heterocycles. The first-order valence-corrected chi connectivity index (χ1v) is 29.2. The molecule has 0 spiro atoms. The Morgan fingerprint density at radius 3 is 0.833 bits per heavy atom. The summed E-state index contributed by atoms with van der Waals surface area (Å²) >= 11 is 6.09. The highest BCUT2D eigenvalue weighted by Crippen LogP contribution is 2.17. The number of thioether (sulfide) groups is 3. The van der Waals surface area contributed by atoms with Gasteiger partial charge in [-0.1, -0.05) is 175 Å². The molecule has 356 valence electrons. The van der Waals surface area contributed by atoms with E-state index in [1.54, 1.807) is 0 Å². The number of ether oxygens (including phenoxy) is 3. The third-order valence-corrected chi connectivity index (χ3v) is 14.6. The standard InChI is InChI=1S/C51H98O6S3/c1-4-7-10-13-16-19-22-31-40-58-43-34-25-28-37-49(52)55-46-48(57-51(54)39-30-27-36-45-60-42-33-24-21-18-15-12-9-6-3)47-56-50(53)38-29-26-35-44-59-41-32-23-20-17-14-11-8-5-2/h48H,4-47H2,1-3H3. The quantitative estimate of drug-likeness (QED) is 0.0337. The van der Waals surface area contributed by atoms with Crippen LogP contribution in [0.25, 0.3) is 0 Å². The van der Waals surface area contributed by atoms with Gasteiger partial charge in [0.25, 0.3) is 0 Å². The monoisotopic (exact) mass is 903 g/mol. The van der Waals surface area contributed by atoms with Crippen LogP contribution in [-0.4, -0.2) is 71.7 Å². The second-order valence-electron chi connectivity index (χ2n) is 17.2. The van der Waals surface area contributed by atoms with Gasteiger partial charge in [0, 0.05) is 19.3 Å². The Morgan fingerprint density at radius 2 is 0.550 bits per heavy atom. The van der Waals surface area contributed by atoms with Gasteiger partial charge in [-0.3, -0.25) is 14.4 Å². The van der Waals surface area contributed by atoms with Gasteiger partial charge >= 0.3 is 17.9 Å². The molecule has 0 aliphatic heterocycles. The molecule has 0 aromatic heterocycles. The number of hydrogen-bond acceptors (Lipinski definition) is 9. The largest absolute Gasteiger partial charge is 0.462 e. The summed E-state index contributed by atoms with van der Waals surface area (Å²) in [5, 5.41) is 0. The first-order chi connectivity index (χ1) is 29.5. The van der Waals surface area contributed by atoms with Crippen molar-refractivity contribution in [3.8, 4) is 0 Å². The number of esters is 3. The summed E-state index contributed by atoms with van der Waals surface area (Å²) < 4.78 is 16.8. The summed E-state index contributed by atoms with van der Waals surface area (Å²) in [5.74, 6) is 6.25. The van der Waals surface area contributed by atoms with Crippen molar-refractivity contribution in [3.63, 3.8) is 0 Å². The maximum Gasteiger partial charge on any atom is 0.306 e. The van der Waals surface area contributed by atoms with Gasteiger partial charge in [0.05, 0.1) is 0 Å². The maximum absolute atomic E-state index is 12.8. The Bertz CT molecular complexity index is 858. The van der Waals surface area contributed by atoms with Gasteiger partial charge in [-0.15, -0.1) is 0 Å². The van der Waals surface area contributed by atoms with Crippen molar-refractivity contribution in [1.82, 2.24) is 0 Å². The second kappa shape index (κ2) is 51.1. The van der Waals surface area contributed by atoms with Crippen LogP contribution in [0.1, 0.15) is 252 Å². The summed E-state index contributed by atoms with van der Waals surface area (Å²) in [6.07, 6.45) is 41.6. The SMILES string of the molecule is CCCCCCCCCCSCCCCCC(=O)OCC(COC(=O)CCCCCSCCCCCCCCCC)OC(=O)CCCCCSCCCCCCCCCC. The zero-order chi connectivity index (χ0) is 43.7. The average Bonchev–Trinajstić information content (AvgIpc) is 3.24. The number of unbranched alkanes of at least 4 members (excludes halogenated alkanes) is 27. The van der Waals surface area contributed by atoms with Crippen molar-refractivity contribution >= 4 is 53.2 Å². The van der Waals surface area contributed by atoms with Crippen LogP contribution in [0.5, 0.6) is 0 Å². The molecule has 0 saturated carbocycles. The van der Waals surface area contributed by atoms with Crippen molar-refractivity contribution in [1.29, 1.82) is 0 Å². The lowest BCUT2D eigenvalue weighted by Crippen LogP contribution is -2.30. The van der Waals surface area contributed by atoms with Crippen LogP contribution in [0.2, 0.25) is 0 Å². The summed E-state index contributed by atoms with van der Waals surface area (Å²) in [6, 6.07) is 0. The summed E-state index contributed by atoms with van der Waals surface area (Å²) in [7, 11) is 0. The van der Waals surface area contributed by atoms with Crippen LogP contribution in [0.15, 0.2) is 0 Å². The van der Waals surface area contributed by atoms with Gasteiger partial charge in [0.1, 0.15) is 13.2 Å². The highest BCUT2D eigenvalue weighted by molar-refractivity contribution is 7.99. The average molecular weight is 904 g/mol. The van der Waals surface area contributed by atoms with E-state index in [0.717, 1.165) is 75.0 Å². The van der Waals surface area contributed by atoms with Crippen LogP contribution in [0, 0.1) is 0 Å². The number of carbonyl (C=O) groups excluding carboxylic acids is 3. The summed E-state index contributed by atoms with van der Waals surface area (Å²) in [5.41, 5.74) is 0. The molecule has 0 radical (unpaired) electrons. The van der Waals surface area contributed by atoms with E-state index in [2.05, 4.69) is 20.8 Å². The minimum atomic E-state index is -0.770. The van der Waals surface area contributed by atoms with Crippen LogP contribution < -0.4 is 0 Å².